The minimum Gasteiger partial charge on any atom is -0.486 e. The molecular weight excluding hydrogens is 449 g/mol. The highest BCUT2D eigenvalue weighted by Crippen LogP contribution is 2.25. The fourth-order valence-electron chi connectivity index (χ4n) is 3.11. The fraction of sp³-hybridized carbons (Fsp3) is 0.167. The van der Waals surface area contributed by atoms with Crippen LogP contribution in [0.15, 0.2) is 71.4 Å². The van der Waals surface area contributed by atoms with E-state index in [0.717, 1.165) is 17.7 Å². The van der Waals surface area contributed by atoms with Gasteiger partial charge in [0.05, 0.1) is 18.4 Å². The number of hydrogen-bond acceptors (Lipinski definition) is 4. The molecule has 0 saturated carbocycles. The molecule has 0 radical (unpaired) electrons. The number of amides is 1. The van der Waals surface area contributed by atoms with Crippen LogP contribution in [0.1, 0.15) is 34.4 Å². The summed E-state index contributed by atoms with van der Waals surface area (Å²) in [5.41, 5.74) is 2.54. The third-order valence-electron chi connectivity index (χ3n) is 4.87. The maximum atomic E-state index is 12.5. The molecule has 6 nitrogen and oxygen atoms in total. The molecule has 164 valence electrons. The average molecular weight is 470 g/mol. The van der Waals surface area contributed by atoms with E-state index in [1.54, 1.807) is 47.4 Å². The van der Waals surface area contributed by atoms with E-state index in [-0.39, 0.29) is 18.3 Å². The highest BCUT2D eigenvalue weighted by atomic mass is 35.5. The molecule has 0 unspecified atom stereocenters. The topological polar surface area (TPSA) is 69.3 Å². The number of aromatic nitrogens is 2. The lowest BCUT2D eigenvalue weighted by molar-refractivity contribution is 0.0992. The van der Waals surface area contributed by atoms with Gasteiger partial charge in [0.25, 0.3) is 5.91 Å². The average Bonchev–Trinajstić information content (AvgIpc) is 3.45. The molecule has 4 rings (SSSR count). The summed E-state index contributed by atoms with van der Waals surface area (Å²) in [4.78, 5) is 12.5. The highest BCUT2D eigenvalue weighted by molar-refractivity contribution is 6.35. The van der Waals surface area contributed by atoms with Crippen LogP contribution < -0.4 is 10.1 Å². The molecule has 0 aliphatic rings. The van der Waals surface area contributed by atoms with E-state index in [4.69, 9.17) is 32.4 Å². The Morgan fingerprint density at radius 3 is 2.56 bits per heavy atom. The highest BCUT2D eigenvalue weighted by Gasteiger charge is 2.14. The molecule has 1 N–H and O–H groups in total. The molecule has 0 fully saturated rings. The summed E-state index contributed by atoms with van der Waals surface area (Å²) in [6, 6.07) is 16.5. The zero-order valence-corrected chi connectivity index (χ0v) is 18.9. The SMILES string of the molecule is CCc1ccc(OCc2ccc(C(=O)Nc3cnn(Cc4c(Cl)cccc4Cl)c3)o2)cc1. The Morgan fingerprint density at radius 1 is 1.09 bits per heavy atom. The summed E-state index contributed by atoms with van der Waals surface area (Å²) in [5.74, 6) is 1.11. The van der Waals surface area contributed by atoms with Gasteiger partial charge in [0.1, 0.15) is 18.1 Å². The van der Waals surface area contributed by atoms with Crippen LogP contribution in [0.4, 0.5) is 5.69 Å². The number of anilines is 1. The molecule has 4 aromatic rings. The molecule has 0 saturated heterocycles. The molecule has 2 aromatic carbocycles. The number of aryl methyl sites for hydroxylation is 1. The largest absolute Gasteiger partial charge is 0.486 e. The monoisotopic (exact) mass is 469 g/mol. The van der Waals surface area contributed by atoms with Crippen LogP contribution in [-0.2, 0) is 19.6 Å². The number of ether oxygens (including phenoxy) is 1. The van der Waals surface area contributed by atoms with E-state index in [2.05, 4.69) is 17.3 Å². The van der Waals surface area contributed by atoms with Crippen LogP contribution in [0.2, 0.25) is 10.0 Å². The number of rotatable bonds is 8. The summed E-state index contributed by atoms with van der Waals surface area (Å²) in [6.45, 7) is 2.72. The van der Waals surface area contributed by atoms with Gasteiger partial charge in [0.2, 0.25) is 0 Å². The Morgan fingerprint density at radius 2 is 1.84 bits per heavy atom. The summed E-state index contributed by atoms with van der Waals surface area (Å²) in [6.07, 6.45) is 4.23. The molecule has 0 spiro atoms. The second-order valence-electron chi connectivity index (χ2n) is 7.13. The van der Waals surface area contributed by atoms with E-state index in [1.807, 2.05) is 24.3 Å². The van der Waals surface area contributed by atoms with Crippen LogP contribution in [0, 0.1) is 0 Å². The summed E-state index contributed by atoms with van der Waals surface area (Å²) in [5, 5.41) is 8.15. The van der Waals surface area contributed by atoms with Crippen molar-refractivity contribution in [3.8, 4) is 5.75 Å². The van der Waals surface area contributed by atoms with E-state index in [9.17, 15) is 4.79 Å². The lowest BCUT2D eigenvalue weighted by atomic mass is 10.2. The number of furan rings is 1. The first-order chi connectivity index (χ1) is 15.5. The van der Waals surface area contributed by atoms with Crippen LogP contribution in [0.5, 0.6) is 5.75 Å². The molecule has 0 atom stereocenters. The maximum absolute atomic E-state index is 12.5. The first-order valence-electron chi connectivity index (χ1n) is 10.1. The van der Waals surface area contributed by atoms with Crippen molar-refractivity contribution in [2.75, 3.05) is 5.32 Å². The summed E-state index contributed by atoms with van der Waals surface area (Å²) < 4.78 is 13.0. The van der Waals surface area contributed by atoms with Crippen LogP contribution >= 0.6 is 23.2 Å². The van der Waals surface area contributed by atoms with Crippen molar-refractivity contribution in [3.63, 3.8) is 0 Å². The minimum atomic E-state index is -0.376. The summed E-state index contributed by atoms with van der Waals surface area (Å²) >= 11 is 12.4. The molecule has 32 heavy (non-hydrogen) atoms. The van der Waals surface area contributed by atoms with Gasteiger partial charge in [-0.25, -0.2) is 0 Å². The van der Waals surface area contributed by atoms with E-state index in [1.165, 1.54) is 5.56 Å². The normalized spacial score (nSPS) is 10.8. The molecular formula is C24H21Cl2N3O3. The van der Waals surface area contributed by atoms with Crippen molar-refractivity contribution in [2.45, 2.75) is 26.5 Å². The third kappa shape index (κ3) is 5.33. The van der Waals surface area contributed by atoms with Crippen molar-refractivity contribution in [2.24, 2.45) is 0 Å². The van der Waals surface area contributed by atoms with Crippen LogP contribution in [-0.4, -0.2) is 15.7 Å². The molecule has 0 bridgehead atoms. The Hall–Kier alpha value is -3.22. The van der Waals surface area contributed by atoms with Crippen LogP contribution in [0.3, 0.4) is 0 Å². The maximum Gasteiger partial charge on any atom is 0.291 e. The predicted molar refractivity (Wildman–Crippen MR) is 125 cm³/mol. The van der Waals surface area contributed by atoms with E-state index in [0.29, 0.717) is 28.0 Å². The van der Waals surface area contributed by atoms with Crippen molar-refractivity contribution >= 4 is 34.8 Å². The van der Waals surface area contributed by atoms with Gasteiger partial charge in [-0.05, 0) is 48.4 Å². The van der Waals surface area contributed by atoms with E-state index >= 15 is 0 Å². The van der Waals surface area contributed by atoms with Gasteiger partial charge in [-0.15, -0.1) is 0 Å². The second-order valence-corrected chi connectivity index (χ2v) is 7.95. The number of carbonyl (C=O) groups is 1. The zero-order valence-electron chi connectivity index (χ0n) is 17.3. The van der Waals surface area contributed by atoms with Crippen molar-refractivity contribution < 1.29 is 13.9 Å². The number of halogens is 2. The first-order valence-corrected chi connectivity index (χ1v) is 10.8. The quantitative estimate of drug-likeness (QED) is 0.332. The van der Waals surface area contributed by atoms with Gasteiger partial charge in [0, 0.05) is 21.8 Å². The van der Waals surface area contributed by atoms with Gasteiger partial charge >= 0.3 is 0 Å². The molecule has 2 heterocycles. The van der Waals surface area contributed by atoms with E-state index < -0.39 is 0 Å². The van der Waals surface area contributed by atoms with Crippen molar-refractivity contribution in [1.82, 2.24) is 9.78 Å². The van der Waals surface area contributed by atoms with Crippen molar-refractivity contribution in [3.05, 3.63) is 99.7 Å². The number of nitrogens with zero attached hydrogens (tertiary/aromatic N) is 2. The molecule has 1 amide bonds. The first kappa shape index (κ1) is 22.0. The summed E-state index contributed by atoms with van der Waals surface area (Å²) in [7, 11) is 0. The lowest BCUT2D eigenvalue weighted by Crippen LogP contribution is -2.10. The number of benzene rings is 2. The molecule has 2 aromatic heterocycles. The second kappa shape index (κ2) is 9.94. The van der Waals surface area contributed by atoms with Gasteiger partial charge < -0.3 is 14.5 Å². The van der Waals surface area contributed by atoms with Gasteiger partial charge in [-0.1, -0.05) is 48.3 Å². The molecule has 8 heteroatoms. The Labute approximate surface area is 195 Å². The minimum absolute atomic E-state index is 0.187. The number of hydrogen-bond donors (Lipinski definition) is 1. The molecule has 0 aliphatic carbocycles. The zero-order chi connectivity index (χ0) is 22.5. The lowest BCUT2D eigenvalue weighted by Gasteiger charge is -2.06. The molecule has 0 aliphatic heterocycles. The number of nitrogens with one attached hydrogen (secondary N) is 1. The number of carbonyl (C=O) groups excluding carboxylic acids is 1. The Kier molecular flexibility index (Phi) is 6.83. The smallest absolute Gasteiger partial charge is 0.291 e. The van der Waals surface area contributed by atoms with Gasteiger partial charge in [-0.3, -0.25) is 9.48 Å². The third-order valence-corrected chi connectivity index (χ3v) is 5.58. The standard InChI is InChI=1S/C24H21Cl2N3O3/c1-2-16-6-8-18(9-7-16)31-15-19-10-11-23(32-19)24(30)28-17-12-27-29(13-17)14-20-21(25)4-3-5-22(20)26/h3-13H,2,14-15H2,1H3,(H,28,30). The Balaban J connectivity index is 1.34. The van der Waals surface area contributed by atoms with Gasteiger partial charge in [0.15, 0.2) is 5.76 Å². The van der Waals surface area contributed by atoms with Crippen LogP contribution in [0.25, 0.3) is 0 Å². The van der Waals surface area contributed by atoms with Gasteiger partial charge in [-0.2, -0.15) is 5.10 Å². The Bertz CT molecular complexity index is 1200. The fourth-order valence-corrected chi connectivity index (χ4v) is 3.62. The predicted octanol–water partition coefficient (Wildman–Crippen LogP) is 6.22. The van der Waals surface area contributed by atoms with Crippen molar-refractivity contribution in [1.29, 1.82) is 0 Å².